The second-order valence-corrected chi connectivity index (χ2v) is 16.5. The van der Waals surface area contributed by atoms with Gasteiger partial charge >= 0.3 is 6.03 Å². The Morgan fingerprint density at radius 1 is 0.983 bits per heavy atom. The van der Waals surface area contributed by atoms with Crippen molar-refractivity contribution in [2.75, 3.05) is 36.9 Å². The number of piperidine rings is 1. The first kappa shape index (κ1) is 39.3. The Kier molecular flexibility index (Phi) is 11.1. The highest BCUT2D eigenvalue weighted by atomic mass is 16.5. The second kappa shape index (κ2) is 16.4. The zero-order valence-corrected chi connectivity index (χ0v) is 33.7. The van der Waals surface area contributed by atoms with E-state index in [4.69, 9.17) is 9.72 Å². The van der Waals surface area contributed by atoms with Crippen LogP contribution in [0.5, 0.6) is 5.75 Å². The Labute approximate surface area is 337 Å². The molecule has 0 radical (unpaired) electrons. The number of aromatic nitrogens is 5. The van der Waals surface area contributed by atoms with Crippen LogP contribution in [0.2, 0.25) is 0 Å². The van der Waals surface area contributed by atoms with Crippen molar-refractivity contribution >= 4 is 45.9 Å². The van der Waals surface area contributed by atoms with Crippen LogP contribution in [0.4, 0.5) is 16.3 Å². The minimum Gasteiger partial charge on any atom is -0.490 e. The molecule has 4 amide bonds. The number of aryl methyl sites for hydroxylation is 1. The number of fused-ring (bicyclic) bond motifs is 2. The highest BCUT2D eigenvalue weighted by molar-refractivity contribution is 6.09. The standard InChI is InChI=1S/C25H30N4O3.C18H23N5O3/c1-16(2)32-22-13-23-26-21(17-7-4-3-5-8-17)15-28(23)14-19(22)24(30)27-20-9-6-12-29(25(20)31)18-10-11-18;1-21-7-5-12(15(24)10-21)11-3-4-13-14(9-11)22(2)20-17(13)23-8-6-16(25)19-18(23)26/h6,9,12-18H,3-5,7-8,10-11H2,1-2H3,(H,27,30);3-4,9,12,15,24H,5-8,10H2,1-2H3,(H,19,25,26). The van der Waals surface area contributed by atoms with Crippen LogP contribution < -0.4 is 25.8 Å². The van der Waals surface area contributed by atoms with E-state index in [1.54, 1.807) is 33.8 Å². The fraction of sp³-hybridized carbons (Fsp3) is 0.488. The van der Waals surface area contributed by atoms with Crippen LogP contribution in [0.15, 0.2) is 59.8 Å². The van der Waals surface area contributed by atoms with E-state index in [0.29, 0.717) is 36.1 Å². The topological polar surface area (TPSA) is 168 Å². The molecule has 0 bridgehead atoms. The third-order valence-electron chi connectivity index (χ3n) is 11.7. The molecule has 2 saturated carbocycles. The number of imide groups is 1. The number of benzene rings is 1. The van der Waals surface area contributed by atoms with Crippen molar-refractivity contribution in [1.29, 1.82) is 0 Å². The van der Waals surface area contributed by atoms with Gasteiger partial charge in [0.05, 0.1) is 29.0 Å². The van der Waals surface area contributed by atoms with Gasteiger partial charge in [0.15, 0.2) is 5.82 Å². The number of amides is 4. The summed E-state index contributed by atoms with van der Waals surface area (Å²) in [6, 6.07) is 11.1. The van der Waals surface area contributed by atoms with Crippen LogP contribution in [0.1, 0.15) is 111 Å². The number of nitrogens with zero attached hydrogens (tertiary/aromatic N) is 7. The number of pyridine rings is 2. The van der Waals surface area contributed by atoms with Gasteiger partial charge in [0.1, 0.15) is 17.1 Å². The number of carbonyl (C=O) groups is 3. The highest BCUT2D eigenvalue weighted by Crippen LogP contribution is 2.36. The van der Waals surface area contributed by atoms with E-state index in [9.17, 15) is 24.3 Å². The third-order valence-corrected chi connectivity index (χ3v) is 11.7. The Bertz CT molecular complexity index is 2410. The molecule has 15 heteroatoms. The number of nitrogens with one attached hydrogen (secondary N) is 2. The van der Waals surface area contributed by atoms with Gasteiger partial charge < -0.3 is 29.0 Å². The summed E-state index contributed by atoms with van der Waals surface area (Å²) in [5.74, 6) is 0.990. The van der Waals surface area contributed by atoms with Crippen molar-refractivity contribution in [3.05, 3.63) is 82.2 Å². The maximum Gasteiger partial charge on any atom is 0.329 e. The fourth-order valence-corrected chi connectivity index (χ4v) is 8.52. The smallest absolute Gasteiger partial charge is 0.329 e. The number of anilines is 2. The largest absolute Gasteiger partial charge is 0.490 e. The van der Waals surface area contributed by atoms with Gasteiger partial charge in [0.2, 0.25) is 5.91 Å². The molecule has 15 nitrogen and oxygen atoms in total. The lowest BCUT2D eigenvalue weighted by molar-refractivity contribution is -0.120. The molecule has 9 rings (SSSR count). The number of rotatable bonds is 8. The minimum absolute atomic E-state index is 0.0967. The molecular weight excluding hydrogens is 739 g/mol. The van der Waals surface area contributed by atoms with E-state index < -0.39 is 12.1 Å². The summed E-state index contributed by atoms with van der Waals surface area (Å²) in [6.45, 7) is 5.80. The molecule has 3 N–H and O–H groups in total. The lowest BCUT2D eigenvalue weighted by Gasteiger charge is -2.34. The summed E-state index contributed by atoms with van der Waals surface area (Å²) in [5, 5.41) is 21.0. The molecule has 2 aliphatic heterocycles. The number of urea groups is 1. The van der Waals surface area contributed by atoms with E-state index in [1.807, 2.05) is 56.7 Å². The van der Waals surface area contributed by atoms with Gasteiger partial charge in [-0.1, -0.05) is 25.3 Å². The SMILES string of the molecule is CC(C)Oc1cc2nc(C3CCCCC3)cn2cc1C(=O)Nc1cccn(C2CC2)c1=O.CN1CCC(c2ccc3c(N4CCC(=O)NC4=O)nn(C)c3c2)C(O)C1. The third kappa shape index (κ3) is 8.23. The average molecular weight is 792 g/mol. The van der Waals surface area contributed by atoms with Crippen molar-refractivity contribution in [2.45, 2.75) is 102 Å². The van der Waals surface area contributed by atoms with Gasteiger partial charge in [-0.2, -0.15) is 5.10 Å². The molecule has 58 heavy (non-hydrogen) atoms. The van der Waals surface area contributed by atoms with Crippen LogP contribution in [0, 0.1) is 0 Å². The first-order chi connectivity index (χ1) is 27.9. The summed E-state index contributed by atoms with van der Waals surface area (Å²) in [6.07, 6.45) is 14.4. The molecule has 4 aromatic heterocycles. The van der Waals surface area contributed by atoms with Crippen LogP contribution in [0.3, 0.4) is 0 Å². The summed E-state index contributed by atoms with van der Waals surface area (Å²) in [4.78, 5) is 58.0. The lowest BCUT2D eigenvalue weighted by atomic mass is 9.87. The minimum atomic E-state index is -0.434. The summed E-state index contributed by atoms with van der Waals surface area (Å²) in [5.41, 5.74) is 4.35. The van der Waals surface area contributed by atoms with E-state index in [0.717, 1.165) is 66.5 Å². The van der Waals surface area contributed by atoms with Crippen molar-refractivity contribution in [3.63, 3.8) is 0 Å². The normalized spacial score (nSPS) is 20.6. The number of hydrogen-bond acceptors (Lipinski definition) is 9. The molecule has 2 saturated heterocycles. The number of aliphatic hydroxyl groups is 1. The van der Waals surface area contributed by atoms with E-state index in [2.05, 4.69) is 26.7 Å². The Balaban J connectivity index is 0.000000165. The summed E-state index contributed by atoms with van der Waals surface area (Å²) < 4.78 is 11.3. The molecule has 306 valence electrons. The van der Waals surface area contributed by atoms with Crippen molar-refractivity contribution in [3.8, 4) is 5.75 Å². The van der Waals surface area contributed by atoms with Crippen LogP contribution in [-0.2, 0) is 11.8 Å². The number of ether oxygens (including phenoxy) is 1. The zero-order chi connectivity index (χ0) is 40.7. The van der Waals surface area contributed by atoms with Gasteiger partial charge in [-0.25, -0.2) is 9.78 Å². The molecule has 0 spiro atoms. The van der Waals surface area contributed by atoms with Crippen molar-refractivity contribution in [2.24, 2.45) is 7.05 Å². The maximum absolute atomic E-state index is 13.2. The van der Waals surface area contributed by atoms with Gasteiger partial charge in [-0.15, -0.1) is 0 Å². The first-order valence-electron chi connectivity index (χ1n) is 20.6. The molecule has 1 aromatic carbocycles. The molecule has 4 fully saturated rings. The van der Waals surface area contributed by atoms with E-state index >= 15 is 0 Å². The Hall–Kier alpha value is -5.54. The fourth-order valence-electron chi connectivity index (χ4n) is 8.52. The summed E-state index contributed by atoms with van der Waals surface area (Å²) in [7, 11) is 3.86. The molecule has 2 atom stereocenters. The van der Waals surface area contributed by atoms with Gasteiger partial charge in [0, 0.05) is 74.5 Å². The molecule has 6 heterocycles. The first-order valence-corrected chi connectivity index (χ1v) is 20.6. The van der Waals surface area contributed by atoms with Crippen molar-refractivity contribution in [1.82, 2.24) is 33.9 Å². The second-order valence-electron chi connectivity index (χ2n) is 16.5. The number of hydrogen-bond donors (Lipinski definition) is 3. The number of likely N-dealkylation sites (N-methyl/N-ethyl adjacent to an activating group) is 1. The molecular formula is C43H53N9O6. The maximum atomic E-state index is 13.2. The molecule has 2 unspecified atom stereocenters. The predicted molar refractivity (Wildman–Crippen MR) is 221 cm³/mol. The number of imidazole rings is 1. The Morgan fingerprint density at radius 2 is 1.78 bits per heavy atom. The predicted octanol–water partition coefficient (Wildman–Crippen LogP) is 5.72. The quantitative estimate of drug-likeness (QED) is 0.178. The van der Waals surface area contributed by atoms with Crippen molar-refractivity contribution < 1.29 is 24.2 Å². The van der Waals surface area contributed by atoms with Crippen LogP contribution in [-0.4, -0.2) is 90.5 Å². The molecule has 4 aliphatic rings. The van der Waals surface area contributed by atoms with Crippen LogP contribution >= 0.6 is 0 Å². The van der Waals surface area contributed by atoms with Gasteiger partial charge in [-0.05, 0) is 89.4 Å². The van der Waals surface area contributed by atoms with E-state index in [1.165, 1.54) is 24.2 Å². The monoisotopic (exact) mass is 791 g/mol. The molecule has 5 aromatic rings. The van der Waals surface area contributed by atoms with Crippen LogP contribution in [0.25, 0.3) is 16.6 Å². The average Bonchev–Trinajstić information content (AvgIpc) is 3.88. The Morgan fingerprint density at radius 3 is 2.50 bits per heavy atom. The molecule has 2 aliphatic carbocycles. The van der Waals surface area contributed by atoms with Gasteiger partial charge in [-0.3, -0.25) is 29.3 Å². The number of aliphatic hydroxyl groups excluding tert-OH is 1. The van der Waals surface area contributed by atoms with Gasteiger partial charge in [0.25, 0.3) is 11.5 Å². The van der Waals surface area contributed by atoms with E-state index in [-0.39, 0.29) is 47.5 Å². The lowest BCUT2D eigenvalue weighted by Crippen LogP contribution is -2.49. The summed E-state index contributed by atoms with van der Waals surface area (Å²) >= 11 is 0. The number of likely N-dealkylation sites (tertiary alicyclic amines) is 1. The number of carbonyl (C=O) groups excluding carboxylic acids is 3. The zero-order valence-electron chi connectivity index (χ0n) is 33.7. The number of β-amino-alcohol motifs (C(OH)–C–C–N with tert-alkyl or cyclic N) is 1. The highest BCUT2D eigenvalue weighted by Gasteiger charge is 2.31.